The Hall–Kier alpha value is -1.27. The number of hydrogen-bond acceptors (Lipinski definition) is 6. The van der Waals surface area contributed by atoms with Crippen molar-refractivity contribution in [2.45, 2.75) is 13.3 Å². The Balaban J connectivity index is 2.29. The van der Waals surface area contributed by atoms with Crippen LogP contribution in [-0.2, 0) is 6.42 Å². The number of aromatic nitrogens is 3. The third-order valence-electron chi connectivity index (χ3n) is 1.78. The molecule has 0 aliphatic rings. The summed E-state index contributed by atoms with van der Waals surface area (Å²) in [5, 5.41) is 3.80. The molecular weight excluding hydrogens is 200 g/mol. The van der Waals surface area contributed by atoms with Crippen LogP contribution in [0, 0.1) is 6.92 Å². The van der Waals surface area contributed by atoms with Gasteiger partial charge in [-0.15, -0.1) is 11.3 Å². The van der Waals surface area contributed by atoms with Crippen LogP contribution in [0.1, 0.15) is 10.7 Å². The summed E-state index contributed by atoms with van der Waals surface area (Å²) in [6.07, 6.45) is 0.632. The molecular formula is C8H10N4OS. The highest BCUT2D eigenvalue weighted by Gasteiger charge is 2.12. The maximum atomic E-state index is 5.38. The minimum Gasteiger partial charge on any atom is -0.332 e. The molecule has 2 aromatic rings. The summed E-state index contributed by atoms with van der Waals surface area (Å²) in [4.78, 5) is 9.42. The van der Waals surface area contributed by atoms with Crippen LogP contribution >= 0.6 is 11.3 Å². The molecule has 0 bridgehead atoms. The molecule has 0 aliphatic heterocycles. The summed E-state index contributed by atoms with van der Waals surface area (Å²) >= 11 is 1.56. The van der Waals surface area contributed by atoms with E-state index in [2.05, 4.69) is 15.1 Å². The van der Waals surface area contributed by atoms with Gasteiger partial charge < -0.3 is 10.3 Å². The van der Waals surface area contributed by atoms with Crippen molar-refractivity contribution in [2.24, 2.45) is 5.73 Å². The molecule has 0 saturated carbocycles. The molecule has 5 nitrogen and oxygen atoms in total. The molecule has 0 aliphatic carbocycles. The molecule has 0 radical (unpaired) electrons. The molecule has 0 amide bonds. The standard InChI is InChI=1S/C8H10N4OS/c1-5-7(10-4-14-5)8-11-6(2-3-9)12-13-8/h4H,2-3,9H2,1H3. The van der Waals surface area contributed by atoms with E-state index in [-0.39, 0.29) is 0 Å². The third-order valence-corrected chi connectivity index (χ3v) is 2.54. The summed E-state index contributed by atoms with van der Waals surface area (Å²) in [5.74, 6) is 1.11. The lowest BCUT2D eigenvalue weighted by molar-refractivity contribution is 0.421. The minimum atomic E-state index is 0.479. The van der Waals surface area contributed by atoms with Crippen LogP contribution in [0.25, 0.3) is 11.6 Å². The number of thiazole rings is 1. The number of aryl methyl sites for hydroxylation is 1. The fourth-order valence-electron chi connectivity index (χ4n) is 1.09. The zero-order valence-corrected chi connectivity index (χ0v) is 8.54. The quantitative estimate of drug-likeness (QED) is 0.817. The molecule has 2 rings (SSSR count). The average molecular weight is 210 g/mol. The van der Waals surface area contributed by atoms with Gasteiger partial charge in [0, 0.05) is 11.3 Å². The van der Waals surface area contributed by atoms with Gasteiger partial charge in [0.2, 0.25) is 0 Å². The largest absolute Gasteiger partial charge is 0.332 e. The van der Waals surface area contributed by atoms with E-state index in [0.717, 1.165) is 10.6 Å². The lowest BCUT2D eigenvalue weighted by atomic mass is 10.4. The molecule has 0 spiro atoms. The molecule has 14 heavy (non-hydrogen) atoms. The summed E-state index contributed by atoms with van der Waals surface area (Å²) in [6.45, 7) is 2.49. The maximum absolute atomic E-state index is 5.38. The highest BCUT2D eigenvalue weighted by atomic mass is 32.1. The van der Waals surface area contributed by atoms with Crippen molar-refractivity contribution in [3.05, 3.63) is 16.2 Å². The van der Waals surface area contributed by atoms with Gasteiger partial charge in [-0.3, -0.25) is 0 Å². The number of nitrogens with zero attached hydrogens (tertiary/aromatic N) is 3. The van der Waals surface area contributed by atoms with E-state index < -0.39 is 0 Å². The molecule has 0 atom stereocenters. The van der Waals surface area contributed by atoms with Gasteiger partial charge in [-0.1, -0.05) is 5.16 Å². The summed E-state index contributed by atoms with van der Waals surface area (Å²) in [7, 11) is 0. The van der Waals surface area contributed by atoms with Crippen LogP contribution in [-0.4, -0.2) is 21.7 Å². The SMILES string of the molecule is Cc1scnc1-c1nc(CCN)no1. The van der Waals surface area contributed by atoms with Crippen molar-refractivity contribution in [2.75, 3.05) is 6.54 Å². The topological polar surface area (TPSA) is 77.8 Å². The summed E-state index contributed by atoms with van der Waals surface area (Å²) in [5.41, 5.74) is 7.91. The smallest absolute Gasteiger partial charge is 0.277 e. The van der Waals surface area contributed by atoms with E-state index in [1.54, 1.807) is 16.8 Å². The highest BCUT2D eigenvalue weighted by Crippen LogP contribution is 2.22. The van der Waals surface area contributed by atoms with E-state index in [1.165, 1.54) is 0 Å². The fraction of sp³-hybridized carbons (Fsp3) is 0.375. The van der Waals surface area contributed by atoms with Crippen LogP contribution < -0.4 is 5.73 Å². The second kappa shape index (κ2) is 3.85. The second-order valence-corrected chi connectivity index (χ2v) is 3.87. The van der Waals surface area contributed by atoms with Gasteiger partial charge in [-0.2, -0.15) is 4.98 Å². The van der Waals surface area contributed by atoms with Crippen LogP contribution in [0.15, 0.2) is 10.0 Å². The Morgan fingerprint density at radius 3 is 3.07 bits per heavy atom. The van der Waals surface area contributed by atoms with Gasteiger partial charge in [-0.05, 0) is 13.5 Å². The van der Waals surface area contributed by atoms with Crippen LogP contribution in [0.5, 0.6) is 0 Å². The predicted molar refractivity (Wildman–Crippen MR) is 52.9 cm³/mol. The average Bonchev–Trinajstić information content (AvgIpc) is 2.74. The lowest BCUT2D eigenvalue weighted by Crippen LogP contribution is -2.03. The first-order valence-electron chi connectivity index (χ1n) is 4.24. The van der Waals surface area contributed by atoms with E-state index in [0.29, 0.717) is 24.7 Å². The molecule has 6 heteroatoms. The van der Waals surface area contributed by atoms with E-state index in [9.17, 15) is 0 Å². The number of rotatable bonds is 3. The van der Waals surface area contributed by atoms with Gasteiger partial charge in [-0.25, -0.2) is 4.98 Å². The van der Waals surface area contributed by atoms with Crippen molar-refractivity contribution in [1.29, 1.82) is 0 Å². The molecule has 0 fully saturated rings. The molecule has 2 heterocycles. The Bertz CT molecular complexity index is 422. The Labute approximate surface area is 85.0 Å². The van der Waals surface area contributed by atoms with Gasteiger partial charge in [0.1, 0.15) is 5.69 Å². The van der Waals surface area contributed by atoms with Gasteiger partial charge in [0.25, 0.3) is 5.89 Å². The first kappa shape index (κ1) is 9.29. The van der Waals surface area contributed by atoms with Crippen molar-refractivity contribution in [3.63, 3.8) is 0 Å². The van der Waals surface area contributed by atoms with Crippen molar-refractivity contribution in [1.82, 2.24) is 15.1 Å². The normalized spacial score (nSPS) is 10.7. The molecule has 2 aromatic heterocycles. The summed E-state index contributed by atoms with van der Waals surface area (Å²) in [6, 6.07) is 0. The van der Waals surface area contributed by atoms with Crippen molar-refractivity contribution in [3.8, 4) is 11.6 Å². The molecule has 74 valence electrons. The lowest BCUT2D eigenvalue weighted by Gasteiger charge is -1.87. The van der Waals surface area contributed by atoms with Crippen molar-refractivity contribution >= 4 is 11.3 Å². The Morgan fingerprint density at radius 1 is 1.57 bits per heavy atom. The Kier molecular flexibility index (Phi) is 2.55. The van der Waals surface area contributed by atoms with Crippen LogP contribution in [0.3, 0.4) is 0 Å². The fourth-order valence-corrected chi connectivity index (χ4v) is 1.66. The molecule has 0 aromatic carbocycles. The highest BCUT2D eigenvalue weighted by molar-refractivity contribution is 7.10. The Morgan fingerprint density at radius 2 is 2.43 bits per heavy atom. The zero-order chi connectivity index (χ0) is 9.97. The van der Waals surface area contributed by atoms with Gasteiger partial charge >= 0.3 is 0 Å². The van der Waals surface area contributed by atoms with Crippen LogP contribution in [0.2, 0.25) is 0 Å². The van der Waals surface area contributed by atoms with Gasteiger partial charge in [0.05, 0.1) is 5.51 Å². The molecule has 2 N–H and O–H groups in total. The zero-order valence-electron chi connectivity index (χ0n) is 7.73. The maximum Gasteiger partial charge on any atom is 0.277 e. The number of nitrogens with two attached hydrogens (primary N) is 1. The first-order valence-corrected chi connectivity index (χ1v) is 5.12. The second-order valence-electron chi connectivity index (χ2n) is 2.81. The predicted octanol–water partition coefficient (Wildman–Crippen LogP) is 1.00. The van der Waals surface area contributed by atoms with E-state index >= 15 is 0 Å². The first-order chi connectivity index (χ1) is 6.81. The molecule has 0 saturated heterocycles. The van der Waals surface area contributed by atoms with Crippen molar-refractivity contribution < 1.29 is 4.52 Å². The molecule has 0 unspecified atom stereocenters. The van der Waals surface area contributed by atoms with Gasteiger partial charge in [0.15, 0.2) is 5.82 Å². The summed E-state index contributed by atoms with van der Waals surface area (Å²) < 4.78 is 5.07. The minimum absolute atomic E-state index is 0.479. The van der Waals surface area contributed by atoms with E-state index in [4.69, 9.17) is 10.3 Å². The van der Waals surface area contributed by atoms with E-state index in [1.807, 2.05) is 6.92 Å². The monoisotopic (exact) mass is 210 g/mol. The number of hydrogen-bond donors (Lipinski definition) is 1. The van der Waals surface area contributed by atoms with Crippen LogP contribution in [0.4, 0.5) is 0 Å². The third kappa shape index (κ3) is 1.66.